The summed E-state index contributed by atoms with van der Waals surface area (Å²) in [4.78, 5) is 6.74. The Hall–Kier alpha value is -0.960. The highest BCUT2D eigenvalue weighted by Gasteiger charge is 2.31. The Balaban J connectivity index is 1.53. The molecule has 3 rings (SSSR count). The smallest absolute Gasteiger partial charge is 0.282 e. The molecule has 2 aliphatic rings. The minimum Gasteiger partial charge on any atom is -0.334 e. The molecular formula is C17H31N5O2S. The molecule has 142 valence electrons. The number of piperidine rings is 1. The molecule has 0 aromatic carbocycles. The largest absolute Gasteiger partial charge is 0.334 e. The summed E-state index contributed by atoms with van der Waals surface area (Å²) in [7, 11) is -3.28. The van der Waals surface area contributed by atoms with Crippen LogP contribution in [0.25, 0.3) is 0 Å². The number of hydrogen-bond acceptors (Lipinski definition) is 4. The molecule has 0 radical (unpaired) electrons. The SMILES string of the molecule is CCc1nccn1CCN1CCCN(S(=O)(=O)N2CCCCC2)CC1. The summed E-state index contributed by atoms with van der Waals surface area (Å²) >= 11 is 0. The molecular weight excluding hydrogens is 338 g/mol. The monoisotopic (exact) mass is 369 g/mol. The summed E-state index contributed by atoms with van der Waals surface area (Å²) in [5.74, 6) is 1.11. The standard InChI is InChI=1S/C17H31N5O2S/c1-2-17-18-7-12-20(17)15-13-19-8-6-11-22(16-14-19)25(23,24)21-9-4-3-5-10-21/h7,12H,2-6,8-11,13-16H2,1H3. The maximum atomic E-state index is 12.8. The third-order valence-corrected chi connectivity index (χ3v) is 7.33. The van der Waals surface area contributed by atoms with E-state index in [1.807, 2.05) is 12.4 Å². The normalized spacial score (nSPS) is 22.1. The van der Waals surface area contributed by atoms with Gasteiger partial charge in [-0.15, -0.1) is 0 Å². The van der Waals surface area contributed by atoms with E-state index in [-0.39, 0.29) is 0 Å². The average molecular weight is 370 g/mol. The van der Waals surface area contributed by atoms with Gasteiger partial charge in [0.25, 0.3) is 10.2 Å². The Morgan fingerprint density at radius 1 is 0.920 bits per heavy atom. The van der Waals surface area contributed by atoms with Crippen molar-refractivity contribution in [3.63, 3.8) is 0 Å². The van der Waals surface area contributed by atoms with Gasteiger partial charge in [-0.3, -0.25) is 0 Å². The van der Waals surface area contributed by atoms with Crippen LogP contribution >= 0.6 is 0 Å². The van der Waals surface area contributed by atoms with Gasteiger partial charge in [-0.05, 0) is 25.8 Å². The quantitative estimate of drug-likeness (QED) is 0.756. The first-order chi connectivity index (χ1) is 12.1. The third kappa shape index (κ3) is 4.61. The summed E-state index contributed by atoms with van der Waals surface area (Å²) in [6.45, 7) is 8.36. The van der Waals surface area contributed by atoms with Gasteiger partial charge in [0, 0.05) is 64.6 Å². The average Bonchev–Trinajstić information content (AvgIpc) is 2.95. The van der Waals surface area contributed by atoms with Crippen LogP contribution in [0.2, 0.25) is 0 Å². The van der Waals surface area contributed by atoms with Crippen molar-refractivity contribution in [3.05, 3.63) is 18.2 Å². The predicted octanol–water partition coefficient (Wildman–Crippen LogP) is 1.18. The van der Waals surface area contributed by atoms with E-state index in [0.29, 0.717) is 26.2 Å². The maximum Gasteiger partial charge on any atom is 0.282 e. The number of aryl methyl sites for hydroxylation is 1. The molecule has 0 unspecified atom stereocenters. The molecule has 25 heavy (non-hydrogen) atoms. The molecule has 2 saturated heterocycles. The van der Waals surface area contributed by atoms with Gasteiger partial charge in [-0.1, -0.05) is 13.3 Å². The molecule has 7 nitrogen and oxygen atoms in total. The minimum atomic E-state index is -3.28. The van der Waals surface area contributed by atoms with Crippen LogP contribution in [0, 0.1) is 0 Å². The fourth-order valence-electron chi connectivity index (χ4n) is 3.77. The molecule has 2 fully saturated rings. The van der Waals surface area contributed by atoms with Crippen molar-refractivity contribution in [2.24, 2.45) is 0 Å². The van der Waals surface area contributed by atoms with Crippen molar-refractivity contribution in [1.82, 2.24) is 23.1 Å². The van der Waals surface area contributed by atoms with Crippen LogP contribution in [0.5, 0.6) is 0 Å². The summed E-state index contributed by atoms with van der Waals surface area (Å²) in [6.07, 6.45) is 8.85. The lowest BCUT2D eigenvalue weighted by Gasteiger charge is -2.31. The van der Waals surface area contributed by atoms with Crippen molar-refractivity contribution in [1.29, 1.82) is 0 Å². The highest BCUT2D eigenvalue weighted by Crippen LogP contribution is 2.18. The van der Waals surface area contributed by atoms with E-state index in [2.05, 4.69) is 21.4 Å². The summed E-state index contributed by atoms with van der Waals surface area (Å²) in [5, 5.41) is 0. The van der Waals surface area contributed by atoms with Crippen LogP contribution in [0.4, 0.5) is 0 Å². The Labute approximate surface area is 151 Å². The Morgan fingerprint density at radius 2 is 1.64 bits per heavy atom. The Kier molecular flexibility index (Phi) is 6.49. The molecule has 0 bridgehead atoms. The second-order valence-electron chi connectivity index (χ2n) is 6.95. The summed E-state index contributed by atoms with van der Waals surface area (Å²) in [5.41, 5.74) is 0. The van der Waals surface area contributed by atoms with Gasteiger partial charge in [0.1, 0.15) is 5.82 Å². The molecule has 0 N–H and O–H groups in total. The fraction of sp³-hybridized carbons (Fsp3) is 0.824. The molecule has 1 aromatic heterocycles. The van der Waals surface area contributed by atoms with Gasteiger partial charge in [0.15, 0.2) is 0 Å². The van der Waals surface area contributed by atoms with Gasteiger partial charge in [0.05, 0.1) is 0 Å². The van der Waals surface area contributed by atoms with Crippen molar-refractivity contribution in [3.8, 4) is 0 Å². The Morgan fingerprint density at radius 3 is 2.40 bits per heavy atom. The second kappa shape index (κ2) is 8.62. The second-order valence-corrected chi connectivity index (χ2v) is 8.88. The zero-order valence-corrected chi connectivity index (χ0v) is 16.1. The van der Waals surface area contributed by atoms with E-state index < -0.39 is 10.2 Å². The topological polar surface area (TPSA) is 61.7 Å². The molecule has 0 atom stereocenters. The van der Waals surface area contributed by atoms with Gasteiger partial charge < -0.3 is 9.47 Å². The van der Waals surface area contributed by atoms with Gasteiger partial charge >= 0.3 is 0 Å². The summed E-state index contributed by atoms with van der Waals surface area (Å²) < 4.78 is 31.3. The summed E-state index contributed by atoms with van der Waals surface area (Å²) in [6, 6.07) is 0. The molecule has 1 aromatic rings. The van der Waals surface area contributed by atoms with E-state index in [0.717, 1.165) is 64.1 Å². The zero-order valence-electron chi connectivity index (χ0n) is 15.3. The molecule has 0 amide bonds. The van der Waals surface area contributed by atoms with Crippen molar-refractivity contribution in [2.75, 3.05) is 45.8 Å². The first-order valence-corrected chi connectivity index (χ1v) is 11.0. The third-order valence-electron chi connectivity index (χ3n) is 5.29. The molecule has 0 saturated carbocycles. The van der Waals surface area contributed by atoms with Crippen molar-refractivity contribution < 1.29 is 8.42 Å². The van der Waals surface area contributed by atoms with E-state index in [1.54, 1.807) is 8.61 Å². The molecule has 8 heteroatoms. The number of aromatic nitrogens is 2. The number of hydrogen-bond donors (Lipinski definition) is 0. The van der Waals surface area contributed by atoms with Crippen molar-refractivity contribution >= 4 is 10.2 Å². The zero-order chi connectivity index (χ0) is 17.7. The lowest BCUT2D eigenvalue weighted by atomic mass is 10.2. The first kappa shape index (κ1) is 18.8. The van der Waals surface area contributed by atoms with E-state index in [4.69, 9.17) is 0 Å². The molecule has 2 aliphatic heterocycles. The van der Waals surface area contributed by atoms with E-state index in [1.165, 1.54) is 0 Å². The van der Waals surface area contributed by atoms with E-state index in [9.17, 15) is 8.42 Å². The molecule has 0 spiro atoms. The van der Waals surface area contributed by atoms with Crippen molar-refractivity contribution in [2.45, 2.75) is 45.6 Å². The fourth-order valence-corrected chi connectivity index (χ4v) is 5.49. The van der Waals surface area contributed by atoms with Gasteiger partial charge in [0.2, 0.25) is 0 Å². The van der Waals surface area contributed by atoms with Crippen LogP contribution < -0.4 is 0 Å². The number of nitrogens with zero attached hydrogens (tertiary/aromatic N) is 5. The maximum absolute atomic E-state index is 12.8. The number of imidazole rings is 1. The number of rotatable bonds is 6. The lowest BCUT2D eigenvalue weighted by molar-refractivity contribution is 0.268. The highest BCUT2D eigenvalue weighted by molar-refractivity contribution is 7.86. The van der Waals surface area contributed by atoms with Gasteiger partial charge in [-0.25, -0.2) is 4.98 Å². The van der Waals surface area contributed by atoms with Crippen LogP contribution in [-0.2, 0) is 23.2 Å². The molecule has 3 heterocycles. The Bertz CT molecular complexity index is 639. The predicted molar refractivity (Wildman–Crippen MR) is 98.6 cm³/mol. The van der Waals surface area contributed by atoms with Crippen LogP contribution in [0.15, 0.2) is 12.4 Å². The first-order valence-electron chi connectivity index (χ1n) is 9.59. The lowest BCUT2D eigenvalue weighted by Crippen LogP contribution is -2.47. The van der Waals surface area contributed by atoms with Crippen LogP contribution in [0.3, 0.4) is 0 Å². The van der Waals surface area contributed by atoms with E-state index >= 15 is 0 Å². The molecule has 0 aliphatic carbocycles. The minimum absolute atomic E-state index is 0.601. The van der Waals surface area contributed by atoms with Gasteiger partial charge in [-0.2, -0.15) is 17.0 Å². The highest BCUT2D eigenvalue weighted by atomic mass is 32.2. The van der Waals surface area contributed by atoms with Crippen LogP contribution in [0.1, 0.15) is 38.4 Å². The van der Waals surface area contributed by atoms with Crippen LogP contribution in [-0.4, -0.2) is 77.3 Å².